The predicted octanol–water partition coefficient (Wildman–Crippen LogP) is 2.98. The van der Waals surface area contributed by atoms with Gasteiger partial charge in [-0.2, -0.15) is 0 Å². The van der Waals surface area contributed by atoms with E-state index in [1.54, 1.807) is 6.07 Å². The summed E-state index contributed by atoms with van der Waals surface area (Å²) in [5.74, 6) is 1.12. The summed E-state index contributed by atoms with van der Waals surface area (Å²) >= 11 is 2.01. The molecule has 0 aromatic heterocycles. The van der Waals surface area contributed by atoms with Crippen molar-refractivity contribution in [2.24, 2.45) is 17.8 Å². The molecule has 3 rings (SSSR count). The molecular weight excluding hydrogens is 683 g/mol. The number of carbonyl (C=O) groups excluding carboxylic acids is 3. The first-order valence-electron chi connectivity index (χ1n) is 15.2. The van der Waals surface area contributed by atoms with E-state index in [2.05, 4.69) is 26.1 Å². The SMILES string of the molecule is COCCN(C(=O)COC1CC(C)CCC1C(C)C)C1CC(C(=O)NCCO)=CC(Oc2c(I)cc(C=O)cc2OC)C1O. The van der Waals surface area contributed by atoms with Crippen LogP contribution in [0, 0.1) is 21.3 Å². The van der Waals surface area contributed by atoms with Gasteiger partial charge in [0.15, 0.2) is 11.5 Å². The lowest BCUT2D eigenvalue weighted by atomic mass is 9.75. The number of hydrogen-bond acceptors (Lipinski definition) is 9. The zero-order valence-electron chi connectivity index (χ0n) is 26.3. The molecule has 1 aromatic carbocycles. The standard InChI is InChI=1S/C32H47IN2O9/c1-19(2)23-7-6-20(3)12-26(23)43-18-29(38)35(9-11-41-4)25-15-22(32(40)34-8-10-36)16-27(30(25)39)44-31-24(33)13-21(17-37)14-28(31)42-5/h13-14,16-17,19-20,23,25-27,30,36,39H,6-12,15,18H2,1-5H3,(H,34,40). The second-order valence-corrected chi connectivity index (χ2v) is 13.1. The highest BCUT2D eigenvalue weighted by molar-refractivity contribution is 14.1. The predicted molar refractivity (Wildman–Crippen MR) is 173 cm³/mol. The maximum Gasteiger partial charge on any atom is 0.249 e. The van der Waals surface area contributed by atoms with Crippen LogP contribution in [0.5, 0.6) is 11.5 Å². The molecule has 2 amide bonds. The average molecular weight is 731 g/mol. The third kappa shape index (κ3) is 9.38. The van der Waals surface area contributed by atoms with Gasteiger partial charge < -0.3 is 39.4 Å². The van der Waals surface area contributed by atoms with Crippen LogP contribution in [-0.2, 0) is 19.1 Å². The van der Waals surface area contributed by atoms with E-state index in [-0.39, 0.29) is 57.1 Å². The number of benzene rings is 1. The van der Waals surface area contributed by atoms with E-state index in [0.717, 1.165) is 19.3 Å². The molecule has 6 atom stereocenters. The molecule has 1 aromatic rings. The highest BCUT2D eigenvalue weighted by atomic mass is 127. The Labute approximate surface area is 273 Å². The van der Waals surface area contributed by atoms with Crippen molar-refractivity contribution < 1.29 is 43.5 Å². The molecule has 44 heavy (non-hydrogen) atoms. The third-order valence-corrected chi connectivity index (χ3v) is 9.30. The van der Waals surface area contributed by atoms with Crippen molar-refractivity contribution >= 4 is 40.7 Å². The summed E-state index contributed by atoms with van der Waals surface area (Å²) in [6, 6.07) is 2.31. The zero-order valence-corrected chi connectivity index (χ0v) is 28.4. The van der Waals surface area contributed by atoms with Crippen LogP contribution in [0.15, 0.2) is 23.8 Å². The smallest absolute Gasteiger partial charge is 0.249 e. The summed E-state index contributed by atoms with van der Waals surface area (Å²) in [6.45, 7) is 6.60. The number of aliphatic hydroxyl groups excluding tert-OH is 2. The number of ether oxygens (including phenoxy) is 4. The van der Waals surface area contributed by atoms with Crippen LogP contribution in [-0.4, -0.2) is 105 Å². The van der Waals surface area contributed by atoms with Crippen LogP contribution in [0.25, 0.3) is 0 Å². The summed E-state index contributed by atoms with van der Waals surface area (Å²) in [4.78, 5) is 39.8. The maximum atomic E-state index is 13.8. The lowest BCUT2D eigenvalue weighted by Gasteiger charge is -2.41. The van der Waals surface area contributed by atoms with E-state index in [4.69, 9.17) is 18.9 Å². The van der Waals surface area contributed by atoms with Gasteiger partial charge in [0.2, 0.25) is 11.8 Å². The number of rotatable bonds is 15. The number of nitrogens with one attached hydrogen (secondary N) is 1. The van der Waals surface area contributed by atoms with Gasteiger partial charge in [-0.15, -0.1) is 0 Å². The van der Waals surface area contributed by atoms with E-state index in [1.807, 2.05) is 22.6 Å². The number of carbonyl (C=O) groups is 3. The Morgan fingerprint density at radius 3 is 2.61 bits per heavy atom. The minimum absolute atomic E-state index is 0.0390. The van der Waals surface area contributed by atoms with Gasteiger partial charge in [-0.05, 0) is 71.4 Å². The number of aliphatic hydroxyl groups is 2. The molecule has 0 bridgehead atoms. The second kappa shape index (κ2) is 17.4. The fourth-order valence-corrected chi connectivity index (χ4v) is 6.82. The van der Waals surface area contributed by atoms with Crippen LogP contribution < -0.4 is 14.8 Å². The molecule has 1 saturated carbocycles. The monoisotopic (exact) mass is 730 g/mol. The van der Waals surface area contributed by atoms with Crippen LogP contribution in [0.4, 0.5) is 0 Å². The fourth-order valence-electron chi connectivity index (χ4n) is 6.07. The first-order chi connectivity index (χ1) is 21.0. The van der Waals surface area contributed by atoms with Crippen LogP contribution in [0.3, 0.4) is 0 Å². The number of methoxy groups -OCH3 is 2. The second-order valence-electron chi connectivity index (χ2n) is 11.9. The molecule has 246 valence electrons. The normalized spacial score (nSPS) is 25.2. The van der Waals surface area contributed by atoms with E-state index < -0.39 is 24.2 Å². The number of aldehydes is 1. The van der Waals surface area contributed by atoms with E-state index in [9.17, 15) is 24.6 Å². The van der Waals surface area contributed by atoms with Gasteiger partial charge in [-0.1, -0.05) is 27.2 Å². The Hall–Kier alpha value is -2.26. The molecule has 0 aliphatic heterocycles. The van der Waals surface area contributed by atoms with E-state index >= 15 is 0 Å². The van der Waals surface area contributed by atoms with Crippen molar-refractivity contribution in [1.82, 2.24) is 10.2 Å². The van der Waals surface area contributed by atoms with Crippen LogP contribution >= 0.6 is 22.6 Å². The van der Waals surface area contributed by atoms with Crippen molar-refractivity contribution in [3.05, 3.63) is 32.9 Å². The Kier molecular flexibility index (Phi) is 14.4. The van der Waals surface area contributed by atoms with Gasteiger partial charge in [-0.25, -0.2) is 0 Å². The molecule has 1 fully saturated rings. The van der Waals surface area contributed by atoms with E-state index in [0.29, 0.717) is 44.5 Å². The quantitative estimate of drug-likeness (QED) is 0.183. The molecule has 6 unspecified atom stereocenters. The minimum Gasteiger partial charge on any atom is -0.493 e. The molecule has 0 spiro atoms. The number of amides is 2. The summed E-state index contributed by atoms with van der Waals surface area (Å²) in [5.41, 5.74) is 0.693. The topological polar surface area (TPSA) is 144 Å². The Bertz CT molecular complexity index is 1160. The van der Waals surface area contributed by atoms with Crippen LogP contribution in [0.1, 0.15) is 56.8 Å². The molecule has 2 aliphatic carbocycles. The first-order valence-corrected chi connectivity index (χ1v) is 16.3. The van der Waals surface area contributed by atoms with Crippen molar-refractivity contribution in [2.45, 2.75) is 70.8 Å². The Morgan fingerprint density at radius 2 is 1.98 bits per heavy atom. The highest BCUT2D eigenvalue weighted by Gasteiger charge is 2.41. The van der Waals surface area contributed by atoms with Gasteiger partial charge in [0, 0.05) is 37.8 Å². The van der Waals surface area contributed by atoms with Crippen molar-refractivity contribution in [1.29, 1.82) is 0 Å². The Balaban J connectivity index is 1.92. The van der Waals surface area contributed by atoms with Gasteiger partial charge in [0.25, 0.3) is 0 Å². The highest BCUT2D eigenvalue weighted by Crippen LogP contribution is 2.38. The van der Waals surface area contributed by atoms with Gasteiger partial charge in [0.05, 0.1) is 36.0 Å². The third-order valence-electron chi connectivity index (χ3n) is 8.50. The number of nitrogens with zero attached hydrogens (tertiary/aromatic N) is 1. The minimum atomic E-state index is -1.23. The van der Waals surface area contributed by atoms with E-state index in [1.165, 1.54) is 31.3 Å². The first kappa shape index (κ1) is 36.2. The fraction of sp³-hybridized carbons (Fsp3) is 0.656. The van der Waals surface area contributed by atoms with Gasteiger partial charge >= 0.3 is 0 Å². The number of halogens is 1. The van der Waals surface area contributed by atoms with Crippen molar-refractivity contribution in [3.8, 4) is 11.5 Å². The van der Waals surface area contributed by atoms with Crippen molar-refractivity contribution in [2.75, 3.05) is 47.1 Å². The summed E-state index contributed by atoms with van der Waals surface area (Å²) < 4.78 is 23.9. The van der Waals surface area contributed by atoms with Crippen molar-refractivity contribution in [3.63, 3.8) is 0 Å². The molecule has 12 heteroatoms. The summed E-state index contributed by atoms with van der Waals surface area (Å²) in [5, 5.41) is 23.6. The molecular formula is C32H47IN2O9. The average Bonchev–Trinajstić information content (AvgIpc) is 3.00. The van der Waals surface area contributed by atoms with Gasteiger partial charge in [-0.3, -0.25) is 14.4 Å². The largest absolute Gasteiger partial charge is 0.493 e. The van der Waals surface area contributed by atoms with Gasteiger partial charge in [0.1, 0.15) is 25.1 Å². The molecule has 11 nitrogen and oxygen atoms in total. The molecule has 0 heterocycles. The zero-order chi connectivity index (χ0) is 32.4. The molecule has 0 radical (unpaired) electrons. The number of hydrogen-bond donors (Lipinski definition) is 3. The van der Waals surface area contributed by atoms with Crippen LogP contribution in [0.2, 0.25) is 0 Å². The lowest BCUT2D eigenvalue weighted by molar-refractivity contribution is -0.149. The maximum absolute atomic E-state index is 13.8. The molecule has 0 saturated heterocycles. The lowest BCUT2D eigenvalue weighted by Crippen LogP contribution is -2.56. The summed E-state index contributed by atoms with van der Waals surface area (Å²) in [6.07, 6.45) is 3.05. The molecule has 2 aliphatic rings. The Morgan fingerprint density at radius 1 is 1.23 bits per heavy atom. The summed E-state index contributed by atoms with van der Waals surface area (Å²) in [7, 11) is 2.97. The molecule has 3 N–H and O–H groups in total.